The zero-order valence-corrected chi connectivity index (χ0v) is 20.2. The summed E-state index contributed by atoms with van der Waals surface area (Å²) in [5.41, 5.74) is 10.8. The lowest BCUT2D eigenvalue weighted by Gasteiger charge is -2.12. The molecule has 0 aliphatic carbocycles. The van der Waals surface area contributed by atoms with Gasteiger partial charge in [0.1, 0.15) is 5.70 Å². The van der Waals surface area contributed by atoms with Crippen LogP contribution in [-0.2, 0) is 4.79 Å². The van der Waals surface area contributed by atoms with E-state index in [1.165, 1.54) is 0 Å². The molecule has 1 aromatic heterocycles. The number of nitrogens with two attached hydrogens (primary N) is 1. The van der Waals surface area contributed by atoms with E-state index in [2.05, 4.69) is 34.5 Å². The Bertz CT molecular complexity index is 863. The van der Waals surface area contributed by atoms with Crippen molar-refractivity contribution in [3.05, 3.63) is 71.5 Å². The van der Waals surface area contributed by atoms with E-state index in [-0.39, 0.29) is 5.91 Å². The summed E-state index contributed by atoms with van der Waals surface area (Å²) >= 11 is 0. The second-order valence-corrected chi connectivity index (χ2v) is 7.47. The molecule has 0 aliphatic heterocycles. The van der Waals surface area contributed by atoms with Crippen LogP contribution < -0.4 is 16.4 Å². The van der Waals surface area contributed by atoms with Crippen molar-refractivity contribution in [2.45, 2.75) is 60.3 Å². The Kier molecular flexibility index (Phi) is 13.3. The molecule has 1 heterocycles. The van der Waals surface area contributed by atoms with Gasteiger partial charge in [-0.25, -0.2) is 0 Å². The van der Waals surface area contributed by atoms with Crippen molar-refractivity contribution in [3.8, 4) is 0 Å². The number of rotatable bonds is 13. The summed E-state index contributed by atoms with van der Waals surface area (Å²) in [5.74, 6) is -0.263. The summed E-state index contributed by atoms with van der Waals surface area (Å²) in [7, 11) is 0. The molecule has 1 aromatic rings. The predicted octanol–water partition coefficient (Wildman–Crippen LogP) is 4.88. The van der Waals surface area contributed by atoms with Crippen LogP contribution in [0.5, 0.6) is 0 Å². The van der Waals surface area contributed by atoms with E-state index >= 15 is 0 Å². The van der Waals surface area contributed by atoms with Crippen LogP contribution >= 0.6 is 0 Å². The Hall–Kier alpha value is -2.99. The molecule has 0 atom stereocenters. The molecule has 32 heavy (non-hydrogen) atoms. The topological polar surface area (TPSA) is 92.4 Å². The lowest BCUT2D eigenvalue weighted by atomic mass is 10.1. The van der Waals surface area contributed by atoms with Crippen LogP contribution in [0.2, 0.25) is 0 Å². The molecule has 0 aliphatic rings. The fourth-order valence-corrected chi connectivity index (χ4v) is 2.93. The van der Waals surface area contributed by atoms with Crippen LogP contribution in [0, 0.1) is 0 Å². The number of carbonyl (C=O) groups is 1. The fraction of sp³-hybridized carbons (Fsp3) is 0.423. The largest absolute Gasteiger partial charge is 0.397 e. The fourth-order valence-electron chi connectivity index (χ4n) is 2.93. The Balaban J connectivity index is 3.00. The predicted molar refractivity (Wildman–Crippen MR) is 136 cm³/mol. The number of pyridine rings is 1. The zero-order chi connectivity index (χ0) is 23.8. The highest BCUT2D eigenvalue weighted by Gasteiger charge is 2.12. The van der Waals surface area contributed by atoms with E-state index in [1.54, 1.807) is 24.5 Å². The molecule has 1 rings (SSSR count). The van der Waals surface area contributed by atoms with Crippen molar-refractivity contribution in [3.63, 3.8) is 0 Å². The monoisotopic (exact) mass is 437 g/mol. The number of hydrogen-bond donors (Lipinski definition) is 3. The molecule has 0 fully saturated rings. The summed E-state index contributed by atoms with van der Waals surface area (Å²) in [6.07, 6.45) is 14.5. The van der Waals surface area contributed by atoms with Crippen molar-refractivity contribution < 1.29 is 4.79 Å². The highest BCUT2D eigenvalue weighted by molar-refractivity contribution is 5.99. The number of allylic oxidation sites excluding steroid dienone is 5. The number of aliphatic imine (C=N–C) groups is 1. The smallest absolute Gasteiger partial charge is 0.273 e. The standard InChI is InChI=1S/C26H39N5O/c1-6-11-22(19-28-16-8-3)30-24(9-4)26(32)31-25(12-7-2)23(27)15-14-20(5)21-13-10-17-29-18-21/h9-10,12-15,17-18,28H,6-8,11,16,19,27H2,1-5H3,(H,31,32)/b20-14+,23-15+,24-9-,25-12-,30-22?. The van der Waals surface area contributed by atoms with E-state index < -0.39 is 0 Å². The molecule has 0 aromatic carbocycles. The van der Waals surface area contributed by atoms with E-state index in [0.29, 0.717) is 23.6 Å². The van der Waals surface area contributed by atoms with Crippen molar-refractivity contribution in [1.82, 2.24) is 15.6 Å². The molecule has 0 saturated carbocycles. The maximum Gasteiger partial charge on any atom is 0.273 e. The van der Waals surface area contributed by atoms with Crippen molar-refractivity contribution >= 4 is 17.2 Å². The number of nitrogens with one attached hydrogen (secondary N) is 2. The molecule has 0 unspecified atom stereocenters. The summed E-state index contributed by atoms with van der Waals surface area (Å²) in [6.45, 7) is 11.7. The third-order valence-corrected chi connectivity index (χ3v) is 4.68. The van der Waals surface area contributed by atoms with Crippen LogP contribution in [-0.4, -0.2) is 29.7 Å². The maximum absolute atomic E-state index is 12.9. The van der Waals surface area contributed by atoms with Crippen LogP contribution in [0.25, 0.3) is 5.57 Å². The van der Waals surface area contributed by atoms with Crippen LogP contribution in [0.4, 0.5) is 0 Å². The van der Waals surface area contributed by atoms with Gasteiger partial charge in [-0.15, -0.1) is 0 Å². The molecule has 4 N–H and O–H groups in total. The van der Waals surface area contributed by atoms with Crippen LogP contribution in [0.3, 0.4) is 0 Å². The maximum atomic E-state index is 12.9. The van der Waals surface area contributed by atoms with E-state index in [1.807, 2.05) is 45.1 Å². The summed E-state index contributed by atoms with van der Waals surface area (Å²) in [4.78, 5) is 21.7. The first-order valence-corrected chi connectivity index (χ1v) is 11.5. The minimum absolute atomic E-state index is 0.263. The molecule has 0 bridgehead atoms. The molecule has 0 saturated heterocycles. The highest BCUT2D eigenvalue weighted by atomic mass is 16.2. The van der Waals surface area contributed by atoms with Crippen LogP contribution in [0.15, 0.2) is 70.9 Å². The molecular formula is C26H39N5O. The second kappa shape index (κ2) is 15.8. The first kappa shape index (κ1) is 27.0. The van der Waals surface area contributed by atoms with E-state index in [0.717, 1.165) is 49.1 Å². The van der Waals surface area contributed by atoms with Gasteiger partial charge in [-0.2, -0.15) is 0 Å². The Morgan fingerprint density at radius 1 is 1.22 bits per heavy atom. The quantitative estimate of drug-likeness (QED) is 0.177. The number of aromatic nitrogens is 1. The Morgan fingerprint density at radius 3 is 2.59 bits per heavy atom. The Labute approximate surface area is 193 Å². The average molecular weight is 438 g/mol. The molecule has 174 valence electrons. The van der Waals surface area contributed by atoms with Gasteiger partial charge < -0.3 is 16.4 Å². The van der Waals surface area contributed by atoms with E-state index in [4.69, 9.17) is 5.73 Å². The van der Waals surface area contributed by atoms with Gasteiger partial charge in [-0.3, -0.25) is 14.8 Å². The third-order valence-electron chi connectivity index (χ3n) is 4.68. The number of amides is 1. The van der Waals surface area contributed by atoms with Gasteiger partial charge in [0, 0.05) is 24.7 Å². The average Bonchev–Trinajstić information content (AvgIpc) is 2.80. The van der Waals surface area contributed by atoms with Gasteiger partial charge >= 0.3 is 0 Å². The first-order valence-electron chi connectivity index (χ1n) is 11.5. The molecule has 6 nitrogen and oxygen atoms in total. The molecular weight excluding hydrogens is 398 g/mol. The van der Waals surface area contributed by atoms with Gasteiger partial charge in [-0.1, -0.05) is 51.5 Å². The normalized spacial score (nSPS) is 14.0. The zero-order valence-electron chi connectivity index (χ0n) is 20.2. The summed E-state index contributed by atoms with van der Waals surface area (Å²) < 4.78 is 0. The third kappa shape index (κ3) is 9.88. The van der Waals surface area contributed by atoms with Gasteiger partial charge in [0.15, 0.2) is 0 Å². The van der Waals surface area contributed by atoms with Crippen LogP contribution in [0.1, 0.15) is 65.9 Å². The number of nitrogens with zero attached hydrogens (tertiary/aromatic N) is 2. The lowest BCUT2D eigenvalue weighted by Crippen LogP contribution is -2.28. The Morgan fingerprint density at radius 2 is 2.00 bits per heavy atom. The first-order chi connectivity index (χ1) is 15.5. The second-order valence-electron chi connectivity index (χ2n) is 7.47. The van der Waals surface area contributed by atoms with Gasteiger partial charge in [-0.05, 0) is 62.9 Å². The molecule has 6 heteroatoms. The molecule has 0 spiro atoms. The lowest BCUT2D eigenvalue weighted by molar-refractivity contribution is -0.116. The van der Waals surface area contributed by atoms with Crippen molar-refractivity contribution in [2.75, 3.05) is 13.1 Å². The SMILES string of the molecule is C/C=C(\N=C(CCC)CNCCC)C(=O)NC(=C\CC)/C(N)=C\C=C(/C)c1cccnc1. The van der Waals surface area contributed by atoms with Crippen molar-refractivity contribution in [2.24, 2.45) is 10.7 Å². The van der Waals surface area contributed by atoms with Gasteiger partial charge in [0.25, 0.3) is 5.91 Å². The molecule has 0 radical (unpaired) electrons. The summed E-state index contributed by atoms with van der Waals surface area (Å²) in [5, 5.41) is 6.31. The van der Waals surface area contributed by atoms with Gasteiger partial charge in [0.2, 0.25) is 0 Å². The van der Waals surface area contributed by atoms with Gasteiger partial charge in [0.05, 0.1) is 11.4 Å². The molecule has 1 amide bonds. The number of carbonyl (C=O) groups excluding carboxylic acids is 1. The van der Waals surface area contributed by atoms with E-state index in [9.17, 15) is 4.79 Å². The minimum Gasteiger partial charge on any atom is -0.397 e. The minimum atomic E-state index is -0.263. The summed E-state index contributed by atoms with van der Waals surface area (Å²) in [6, 6.07) is 3.89. The van der Waals surface area contributed by atoms with Crippen molar-refractivity contribution in [1.29, 1.82) is 0 Å². The highest BCUT2D eigenvalue weighted by Crippen LogP contribution is 2.13. The number of hydrogen-bond acceptors (Lipinski definition) is 5.